The number of hydrogen-bond donors (Lipinski definition) is 0. The number of carbonyl (C=O) groups excluding carboxylic acids is 3. The molecule has 1 aliphatic heterocycles. The molecule has 1 aromatic carbocycles. The van der Waals surface area contributed by atoms with Gasteiger partial charge in [0.1, 0.15) is 0 Å². The number of aromatic nitrogens is 2. The van der Waals surface area contributed by atoms with Gasteiger partial charge in [-0.2, -0.15) is 5.10 Å². The minimum Gasteiger partial charge on any atom is -0.466 e. The second-order valence-corrected chi connectivity index (χ2v) is 7.46. The largest absolute Gasteiger partial charge is 0.466 e. The summed E-state index contributed by atoms with van der Waals surface area (Å²) in [5, 5.41) is 4.30. The maximum absolute atomic E-state index is 12.6. The van der Waals surface area contributed by atoms with Crippen molar-refractivity contribution in [2.75, 3.05) is 33.3 Å². The highest BCUT2D eigenvalue weighted by Crippen LogP contribution is 2.19. The van der Waals surface area contributed by atoms with Gasteiger partial charge in [-0.1, -0.05) is 18.2 Å². The number of nitrogens with zero attached hydrogens (tertiary/aromatic N) is 4. The predicted molar refractivity (Wildman–Crippen MR) is 111 cm³/mol. The maximum Gasteiger partial charge on any atom is 0.309 e. The minimum atomic E-state index is -0.187. The Morgan fingerprint density at radius 1 is 1.17 bits per heavy atom. The van der Waals surface area contributed by atoms with E-state index in [1.54, 1.807) is 29.7 Å². The summed E-state index contributed by atoms with van der Waals surface area (Å²) in [6, 6.07) is 9.67. The van der Waals surface area contributed by atoms with E-state index in [0.29, 0.717) is 32.5 Å². The van der Waals surface area contributed by atoms with Gasteiger partial charge in [-0.3, -0.25) is 14.4 Å². The van der Waals surface area contributed by atoms with E-state index in [2.05, 4.69) is 5.10 Å². The molecule has 2 aromatic rings. The molecule has 2 heterocycles. The summed E-state index contributed by atoms with van der Waals surface area (Å²) >= 11 is 0. The number of piperidine rings is 1. The summed E-state index contributed by atoms with van der Waals surface area (Å²) < 4.78 is 6.78. The first-order chi connectivity index (χ1) is 14.5. The van der Waals surface area contributed by atoms with Gasteiger partial charge >= 0.3 is 5.97 Å². The summed E-state index contributed by atoms with van der Waals surface area (Å²) in [6.45, 7) is 3.20. The number of benzene rings is 1. The Morgan fingerprint density at radius 2 is 1.87 bits per heavy atom. The first-order valence-electron chi connectivity index (χ1n) is 10.2. The zero-order valence-electron chi connectivity index (χ0n) is 17.5. The summed E-state index contributed by atoms with van der Waals surface area (Å²) in [7, 11) is 1.63. The number of para-hydroxylation sites is 1. The Morgan fingerprint density at radius 3 is 2.53 bits per heavy atom. The molecular weight excluding hydrogens is 384 g/mol. The molecule has 0 N–H and O–H groups in total. The molecule has 30 heavy (non-hydrogen) atoms. The minimum absolute atomic E-state index is 0.0235. The van der Waals surface area contributed by atoms with E-state index >= 15 is 0 Å². The fourth-order valence-electron chi connectivity index (χ4n) is 3.50. The molecule has 1 aliphatic rings. The van der Waals surface area contributed by atoms with Crippen LogP contribution < -0.4 is 0 Å². The molecule has 0 atom stereocenters. The van der Waals surface area contributed by atoms with Crippen LogP contribution in [0.1, 0.15) is 25.3 Å². The van der Waals surface area contributed by atoms with Crippen molar-refractivity contribution in [3.05, 3.63) is 48.3 Å². The van der Waals surface area contributed by atoms with Crippen LogP contribution in [0.2, 0.25) is 0 Å². The average Bonchev–Trinajstić information content (AvgIpc) is 3.23. The van der Waals surface area contributed by atoms with E-state index in [-0.39, 0.29) is 36.7 Å². The number of esters is 1. The highest BCUT2D eigenvalue weighted by atomic mass is 16.5. The molecule has 0 unspecified atom stereocenters. The maximum atomic E-state index is 12.6. The molecule has 0 aliphatic carbocycles. The van der Waals surface area contributed by atoms with Gasteiger partial charge in [-0.25, -0.2) is 4.68 Å². The molecule has 8 nitrogen and oxygen atoms in total. The molecule has 0 radical (unpaired) electrons. The van der Waals surface area contributed by atoms with E-state index in [0.717, 1.165) is 11.3 Å². The van der Waals surface area contributed by atoms with Crippen LogP contribution in [0.4, 0.5) is 0 Å². The summed E-state index contributed by atoms with van der Waals surface area (Å²) in [5.41, 5.74) is 1.71. The topological polar surface area (TPSA) is 84.7 Å². The molecule has 8 heteroatoms. The van der Waals surface area contributed by atoms with E-state index in [4.69, 9.17) is 4.74 Å². The highest BCUT2D eigenvalue weighted by molar-refractivity contribution is 5.85. The van der Waals surface area contributed by atoms with Gasteiger partial charge in [-0.05, 0) is 37.5 Å². The standard InChI is InChI=1S/C22H28N4O4/c1-3-30-22(29)18-9-11-25(12-10-18)21(28)16-24(2)20(27)13-17-14-23-26(15-17)19-7-5-4-6-8-19/h4-8,14-15,18H,3,9-13,16H2,1-2H3. The molecule has 0 bridgehead atoms. The van der Waals surface area contributed by atoms with Gasteiger partial charge in [0.25, 0.3) is 0 Å². The molecule has 0 saturated carbocycles. The zero-order valence-corrected chi connectivity index (χ0v) is 17.5. The monoisotopic (exact) mass is 412 g/mol. The van der Waals surface area contributed by atoms with Gasteiger partial charge in [0, 0.05) is 26.3 Å². The van der Waals surface area contributed by atoms with Gasteiger partial charge in [0.15, 0.2) is 0 Å². The van der Waals surface area contributed by atoms with Crippen molar-refractivity contribution in [3.8, 4) is 5.69 Å². The molecule has 2 amide bonds. The summed E-state index contributed by atoms with van der Waals surface area (Å²) in [6.07, 6.45) is 4.87. The third-order valence-electron chi connectivity index (χ3n) is 5.28. The molecular formula is C22H28N4O4. The third kappa shape index (κ3) is 5.46. The van der Waals surface area contributed by atoms with Crippen LogP contribution in [-0.4, -0.2) is 70.7 Å². The Kier molecular flexibility index (Phi) is 7.21. The Labute approximate surface area is 176 Å². The van der Waals surface area contributed by atoms with Gasteiger partial charge in [0.05, 0.1) is 37.4 Å². The van der Waals surface area contributed by atoms with Gasteiger partial charge in [-0.15, -0.1) is 0 Å². The van der Waals surface area contributed by atoms with Crippen molar-refractivity contribution >= 4 is 17.8 Å². The Bertz CT molecular complexity index is 872. The lowest BCUT2D eigenvalue weighted by Crippen LogP contribution is -2.45. The van der Waals surface area contributed by atoms with Crippen LogP contribution in [0.25, 0.3) is 5.69 Å². The summed E-state index contributed by atoms with van der Waals surface area (Å²) in [4.78, 5) is 40.1. The van der Waals surface area contributed by atoms with Crippen molar-refractivity contribution in [2.24, 2.45) is 5.92 Å². The van der Waals surface area contributed by atoms with Crippen molar-refractivity contribution in [1.29, 1.82) is 0 Å². The van der Waals surface area contributed by atoms with Crippen molar-refractivity contribution in [3.63, 3.8) is 0 Å². The molecule has 1 saturated heterocycles. The number of ether oxygens (including phenoxy) is 1. The van der Waals surface area contributed by atoms with E-state index in [1.165, 1.54) is 4.90 Å². The van der Waals surface area contributed by atoms with Gasteiger partial charge < -0.3 is 14.5 Å². The zero-order chi connectivity index (χ0) is 21.5. The molecule has 1 fully saturated rings. The first kappa shape index (κ1) is 21.5. The number of likely N-dealkylation sites (N-methyl/N-ethyl adjacent to an activating group) is 1. The third-order valence-corrected chi connectivity index (χ3v) is 5.28. The van der Waals surface area contributed by atoms with Crippen molar-refractivity contribution in [2.45, 2.75) is 26.2 Å². The Balaban J connectivity index is 1.47. The fourth-order valence-corrected chi connectivity index (χ4v) is 3.50. The van der Waals surface area contributed by atoms with Crippen LogP contribution in [-0.2, 0) is 25.5 Å². The number of carbonyl (C=O) groups is 3. The average molecular weight is 412 g/mol. The molecule has 160 valence electrons. The second kappa shape index (κ2) is 10.0. The van der Waals surface area contributed by atoms with Crippen LogP contribution in [0, 0.1) is 5.92 Å². The quantitative estimate of drug-likeness (QED) is 0.646. The Hall–Kier alpha value is -3.16. The van der Waals surface area contributed by atoms with E-state index < -0.39 is 0 Å². The SMILES string of the molecule is CCOC(=O)C1CCN(C(=O)CN(C)C(=O)Cc2cnn(-c3ccccc3)c2)CC1. The van der Waals surface area contributed by atoms with Crippen molar-refractivity contribution < 1.29 is 19.1 Å². The van der Waals surface area contributed by atoms with Gasteiger partial charge in [0.2, 0.25) is 11.8 Å². The molecule has 3 rings (SSSR count). The fraction of sp³-hybridized carbons (Fsp3) is 0.455. The molecule has 1 aromatic heterocycles. The van der Waals surface area contributed by atoms with Crippen LogP contribution in [0.3, 0.4) is 0 Å². The predicted octanol–water partition coefficient (Wildman–Crippen LogP) is 1.67. The number of hydrogen-bond acceptors (Lipinski definition) is 5. The van der Waals surface area contributed by atoms with Crippen LogP contribution >= 0.6 is 0 Å². The van der Waals surface area contributed by atoms with E-state index in [9.17, 15) is 14.4 Å². The molecule has 0 spiro atoms. The van der Waals surface area contributed by atoms with Crippen LogP contribution in [0.15, 0.2) is 42.7 Å². The lowest BCUT2D eigenvalue weighted by atomic mass is 9.97. The normalized spacial score (nSPS) is 14.4. The number of amides is 2. The van der Waals surface area contributed by atoms with Crippen molar-refractivity contribution in [1.82, 2.24) is 19.6 Å². The first-order valence-corrected chi connectivity index (χ1v) is 10.2. The lowest BCUT2D eigenvalue weighted by molar-refractivity contribution is -0.151. The number of likely N-dealkylation sites (tertiary alicyclic amines) is 1. The highest BCUT2D eigenvalue weighted by Gasteiger charge is 2.29. The smallest absolute Gasteiger partial charge is 0.309 e. The van der Waals surface area contributed by atoms with E-state index in [1.807, 2.05) is 36.5 Å². The van der Waals surface area contributed by atoms with Crippen LogP contribution in [0.5, 0.6) is 0 Å². The second-order valence-electron chi connectivity index (χ2n) is 7.46. The number of rotatable bonds is 7. The lowest BCUT2D eigenvalue weighted by Gasteiger charge is -2.32. The summed E-state index contributed by atoms with van der Waals surface area (Å²) in [5.74, 6) is -0.576.